The zero-order chi connectivity index (χ0) is 24.3. The first-order valence-corrected chi connectivity index (χ1v) is 12.1. The van der Waals surface area contributed by atoms with Gasteiger partial charge in [-0.25, -0.2) is 0 Å². The maximum atomic E-state index is 6.54. The van der Waals surface area contributed by atoms with Gasteiger partial charge in [-0.1, -0.05) is 87.5 Å². The van der Waals surface area contributed by atoms with Crippen LogP contribution in [0.4, 0.5) is 0 Å². The molecule has 0 saturated carbocycles. The van der Waals surface area contributed by atoms with E-state index < -0.39 is 18.3 Å². The van der Waals surface area contributed by atoms with Crippen LogP contribution in [0.2, 0.25) is 0 Å². The monoisotopic (exact) mass is 451 g/mol. The van der Waals surface area contributed by atoms with E-state index in [4.69, 9.17) is 9.31 Å². The largest absolute Gasteiger partial charge is 0.497 e. The van der Waals surface area contributed by atoms with Crippen LogP contribution >= 0.6 is 0 Å². The zero-order valence-corrected chi connectivity index (χ0v) is 21.3. The van der Waals surface area contributed by atoms with E-state index in [2.05, 4.69) is 126 Å². The van der Waals surface area contributed by atoms with Gasteiger partial charge < -0.3 is 14.3 Å². The molecule has 1 aliphatic rings. The van der Waals surface area contributed by atoms with E-state index in [1.165, 1.54) is 22.1 Å². The molecular weight excluding hydrogens is 417 g/mol. The van der Waals surface area contributed by atoms with E-state index in [0.717, 1.165) is 22.2 Å². The molecule has 1 saturated heterocycles. The predicted molar refractivity (Wildman–Crippen MR) is 144 cm³/mol. The van der Waals surface area contributed by atoms with Crippen LogP contribution in [0.3, 0.4) is 0 Å². The first kappa shape index (κ1) is 23.0. The van der Waals surface area contributed by atoms with Crippen molar-refractivity contribution in [1.29, 1.82) is 0 Å². The Balaban J connectivity index is 1.84. The fourth-order valence-corrected chi connectivity index (χ4v) is 4.64. The molecule has 3 nitrogen and oxygen atoms in total. The van der Waals surface area contributed by atoms with E-state index in [0.29, 0.717) is 0 Å². The van der Waals surface area contributed by atoms with Crippen molar-refractivity contribution in [2.45, 2.75) is 65.1 Å². The highest BCUT2D eigenvalue weighted by Crippen LogP contribution is 2.42. The third-order valence-corrected chi connectivity index (χ3v) is 7.44. The Bertz CT molecular complexity index is 1320. The van der Waals surface area contributed by atoms with Crippen molar-refractivity contribution in [1.82, 2.24) is 4.98 Å². The number of nitrogens with one attached hydrogen (secondary N) is 1. The molecule has 0 bridgehead atoms. The zero-order valence-electron chi connectivity index (χ0n) is 21.3. The van der Waals surface area contributed by atoms with Gasteiger partial charge in [-0.05, 0) is 55.9 Å². The van der Waals surface area contributed by atoms with Crippen molar-refractivity contribution in [2.75, 3.05) is 0 Å². The van der Waals surface area contributed by atoms with Crippen molar-refractivity contribution in [3.63, 3.8) is 0 Å². The normalized spacial score (nSPS) is 17.4. The van der Waals surface area contributed by atoms with Gasteiger partial charge in [-0.15, -0.1) is 0 Å². The molecule has 4 heteroatoms. The first-order chi connectivity index (χ1) is 16.0. The lowest BCUT2D eigenvalue weighted by atomic mass is 9.73. The second kappa shape index (κ2) is 7.86. The standard InChI is InChI=1S/C30H34BNO2/c1-28(2,3)22-18-23-25(20-14-10-8-11-15-20)26(21-16-12-9-13-17-21)32-27(23)24(19-22)31-33-29(4,5)30(6,7)34-31/h8-19,32H,1-7H3. The Morgan fingerprint density at radius 3 is 1.79 bits per heavy atom. The summed E-state index contributed by atoms with van der Waals surface area (Å²) in [4.78, 5) is 3.80. The van der Waals surface area contributed by atoms with Gasteiger partial charge >= 0.3 is 7.12 Å². The minimum absolute atomic E-state index is 0.0231. The molecular formula is C30H34BNO2. The van der Waals surface area contributed by atoms with E-state index in [1.54, 1.807) is 0 Å². The summed E-state index contributed by atoms with van der Waals surface area (Å²) in [6.07, 6.45) is 0. The molecule has 0 spiro atoms. The van der Waals surface area contributed by atoms with Gasteiger partial charge in [0, 0.05) is 21.9 Å². The molecule has 0 unspecified atom stereocenters. The number of aromatic amines is 1. The van der Waals surface area contributed by atoms with Gasteiger partial charge in [-0.2, -0.15) is 0 Å². The minimum atomic E-state index is -0.444. The average Bonchev–Trinajstić information content (AvgIpc) is 3.27. The second-order valence-electron chi connectivity index (χ2n) is 11.4. The van der Waals surface area contributed by atoms with Crippen LogP contribution in [-0.2, 0) is 14.7 Å². The number of benzene rings is 3. The molecule has 3 aromatic carbocycles. The molecule has 1 N–H and O–H groups in total. The number of aromatic nitrogens is 1. The molecule has 34 heavy (non-hydrogen) atoms. The van der Waals surface area contributed by atoms with Crippen LogP contribution in [0.5, 0.6) is 0 Å². The fraction of sp³-hybridized carbons (Fsp3) is 0.333. The number of hydrogen-bond donors (Lipinski definition) is 1. The Hall–Kier alpha value is -2.82. The van der Waals surface area contributed by atoms with Crippen molar-refractivity contribution in [3.05, 3.63) is 78.4 Å². The molecule has 1 fully saturated rings. The Morgan fingerprint density at radius 2 is 1.26 bits per heavy atom. The van der Waals surface area contributed by atoms with Crippen LogP contribution < -0.4 is 5.46 Å². The van der Waals surface area contributed by atoms with E-state index in [-0.39, 0.29) is 5.41 Å². The third-order valence-electron chi connectivity index (χ3n) is 7.44. The summed E-state index contributed by atoms with van der Waals surface area (Å²) in [6, 6.07) is 25.8. The lowest BCUT2D eigenvalue weighted by Gasteiger charge is -2.32. The van der Waals surface area contributed by atoms with Gasteiger partial charge in [0.15, 0.2) is 0 Å². The highest BCUT2D eigenvalue weighted by Gasteiger charge is 2.52. The van der Waals surface area contributed by atoms with Crippen LogP contribution in [-0.4, -0.2) is 23.3 Å². The quantitative estimate of drug-likeness (QED) is 0.337. The Morgan fingerprint density at radius 1 is 0.735 bits per heavy atom. The van der Waals surface area contributed by atoms with Crippen molar-refractivity contribution < 1.29 is 9.31 Å². The first-order valence-electron chi connectivity index (χ1n) is 12.1. The topological polar surface area (TPSA) is 34.2 Å². The van der Waals surface area contributed by atoms with Crippen LogP contribution in [0.25, 0.3) is 33.3 Å². The molecule has 0 radical (unpaired) electrons. The maximum Gasteiger partial charge on any atom is 0.497 e. The van der Waals surface area contributed by atoms with Crippen molar-refractivity contribution in [2.24, 2.45) is 0 Å². The summed E-state index contributed by atoms with van der Waals surface area (Å²) in [5, 5.41) is 1.20. The average molecular weight is 451 g/mol. The third kappa shape index (κ3) is 3.79. The Kier molecular flexibility index (Phi) is 5.31. The molecule has 4 aromatic rings. The highest BCUT2D eigenvalue weighted by atomic mass is 16.7. The summed E-state index contributed by atoms with van der Waals surface area (Å²) in [7, 11) is -0.444. The summed E-state index contributed by atoms with van der Waals surface area (Å²) in [6.45, 7) is 15.2. The SMILES string of the molecule is CC(C)(C)c1cc(B2OC(C)(C)C(C)(C)O2)c2[nH]c(-c3ccccc3)c(-c3ccccc3)c2c1. The van der Waals surface area contributed by atoms with E-state index in [1.807, 2.05) is 0 Å². The van der Waals surface area contributed by atoms with E-state index in [9.17, 15) is 0 Å². The molecule has 1 aliphatic heterocycles. The number of rotatable bonds is 3. The van der Waals surface area contributed by atoms with Crippen LogP contribution in [0.15, 0.2) is 72.8 Å². The van der Waals surface area contributed by atoms with Crippen molar-refractivity contribution >= 4 is 23.5 Å². The molecule has 0 aliphatic carbocycles. The summed E-state index contributed by atoms with van der Waals surface area (Å²) in [5.74, 6) is 0. The predicted octanol–water partition coefficient (Wildman–Crippen LogP) is 7.10. The summed E-state index contributed by atoms with van der Waals surface area (Å²) < 4.78 is 13.1. The fourth-order valence-electron chi connectivity index (χ4n) is 4.64. The van der Waals surface area contributed by atoms with Gasteiger partial charge in [0.1, 0.15) is 0 Å². The molecule has 0 amide bonds. The van der Waals surface area contributed by atoms with Crippen LogP contribution in [0, 0.1) is 0 Å². The number of fused-ring (bicyclic) bond motifs is 1. The molecule has 174 valence electrons. The molecule has 0 atom stereocenters. The summed E-state index contributed by atoms with van der Waals surface area (Å²) >= 11 is 0. The lowest BCUT2D eigenvalue weighted by molar-refractivity contribution is 0.00578. The Labute approximate surface area is 203 Å². The lowest BCUT2D eigenvalue weighted by Crippen LogP contribution is -2.41. The number of hydrogen-bond acceptors (Lipinski definition) is 2. The number of H-pyrrole nitrogens is 1. The van der Waals surface area contributed by atoms with Crippen LogP contribution in [0.1, 0.15) is 54.0 Å². The van der Waals surface area contributed by atoms with Gasteiger partial charge in [0.05, 0.1) is 16.9 Å². The maximum absolute atomic E-state index is 6.54. The second-order valence-corrected chi connectivity index (χ2v) is 11.4. The molecule has 2 heterocycles. The van der Waals surface area contributed by atoms with E-state index >= 15 is 0 Å². The van der Waals surface area contributed by atoms with Gasteiger partial charge in [-0.3, -0.25) is 0 Å². The smallest absolute Gasteiger partial charge is 0.399 e. The minimum Gasteiger partial charge on any atom is -0.399 e. The highest BCUT2D eigenvalue weighted by molar-refractivity contribution is 6.65. The summed E-state index contributed by atoms with van der Waals surface area (Å²) in [5.41, 5.74) is 7.25. The molecule has 1 aromatic heterocycles. The molecule has 5 rings (SSSR count). The van der Waals surface area contributed by atoms with Gasteiger partial charge in [0.25, 0.3) is 0 Å². The van der Waals surface area contributed by atoms with Crippen molar-refractivity contribution in [3.8, 4) is 22.4 Å². The van der Waals surface area contributed by atoms with Gasteiger partial charge in [0.2, 0.25) is 0 Å².